The predicted molar refractivity (Wildman–Crippen MR) is 114 cm³/mol. The van der Waals surface area contributed by atoms with Gasteiger partial charge in [0.1, 0.15) is 29.9 Å². The fourth-order valence-corrected chi connectivity index (χ4v) is 10.4. The van der Waals surface area contributed by atoms with Crippen molar-refractivity contribution in [1.29, 1.82) is 0 Å². The quantitative estimate of drug-likeness (QED) is 0.697. The Morgan fingerprint density at radius 1 is 0.964 bits per heavy atom. The molecule has 2 aliphatic heterocycles. The third kappa shape index (κ3) is 3.95. The van der Waals surface area contributed by atoms with Crippen LogP contribution in [-0.4, -0.2) is 55.2 Å². The van der Waals surface area contributed by atoms with Crippen molar-refractivity contribution in [1.82, 2.24) is 0 Å². The number of aryl methyl sites for hydroxylation is 1. The predicted octanol–water partition coefficient (Wildman–Crippen LogP) is 3.99. The van der Waals surface area contributed by atoms with Gasteiger partial charge in [-0.05, 0) is 19.1 Å². The number of aliphatic hydroxyl groups is 2. The first-order valence-electron chi connectivity index (χ1n) is 9.92. The summed E-state index contributed by atoms with van der Waals surface area (Å²) in [5.41, 5.74) is 0.610. The van der Waals surface area contributed by atoms with Gasteiger partial charge in [-0.25, -0.2) is 0 Å². The topological polar surface area (TPSA) is 68.2 Å². The van der Waals surface area contributed by atoms with Crippen molar-refractivity contribution in [3.05, 3.63) is 29.8 Å². The summed E-state index contributed by atoms with van der Waals surface area (Å²) >= 11 is 1.42. The minimum atomic E-state index is -2.73. The SMILES string of the molecule is Cc1ccc(S[C@@H]2O[C@@H]3CO[Si](C(C)(C)C)(C(C)(C)C)O[C@@H]3[C@H](O)[C@H]2O)cc1. The third-order valence-electron chi connectivity index (χ3n) is 5.64. The number of aliphatic hydroxyl groups excluding tert-OH is 2. The highest BCUT2D eigenvalue weighted by atomic mass is 32.2. The van der Waals surface area contributed by atoms with Gasteiger partial charge in [-0.1, -0.05) is 71.0 Å². The standard InChI is InChI=1S/C21H34O5SSi/c1-13-8-10-14(11-9-13)27-19-17(23)16(22)18-15(25-19)12-24-28(26-18,20(2,3)4)21(5,6)7/h8-11,15-19,22-23H,12H2,1-7H3/t15-,16-,17-,18+,19+/m1/s1. The van der Waals surface area contributed by atoms with E-state index in [1.165, 1.54) is 17.3 Å². The highest BCUT2D eigenvalue weighted by Crippen LogP contribution is 2.55. The molecule has 0 amide bonds. The van der Waals surface area contributed by atoms with E-state index in [4.69, 9.17) is 13.6 Å². The molecule has 2 fully saturated rings. The molecule has 2 aliphatic rings. The second-order valence-corrected chi connectivity index (χ2v) is 15.9. The Balaban J connectivity index is 1.80. The Morgan fingerprint density at radius 2 is 1.54 bits per heavy atom. The van der Waals surface area contributed by atoms with Crippen LogP contribution in [0, 0.1) is 6.92 Å². The van der Waals surface area contributed by atoms with E-state index in [0.29, 0.717) is 6.61 Å². The van der Waals surface area contributed by atoms with E-state index in [0.717, 1.165) is 4.90 Å². The summed E-state index contributed by atoms with van der Waals surface area (Å²) in [6.07, 6.45) is -3.02. The molecular formula is C21H34O5SSi. The Hall–Kier alpha value is -0.413. The van der Waals surface area contributed by atoms with Crippen molar-refractivity contribution in [3.63, 3.8) is 0 Å². The van der Waals surface area contributed by atoms with Crippen LogP contribution < -0.4 is 0 Å². The van der Waals surface area contributed by atoms with Crippen LogP contribution in [0.5, 0.6) is 0 Å². The van der Waals surface area contributed by atoms with Crippen LogP contribution in [0.1, 0.15) is 47.1 Å². The summed E-state index contributed by atoms with van der Waals surface area (Å²) in [7, 11) is -2.73. The second kappa shape index (κ2) is 7.69. The summed E-state index contributed by atoms with van der Waals surface area (Å²) in [6, 6.07) is 8.05. The largest absolute Gasteiger partial charge is 0.391 e. The maximum atomic E-state index is 10.9. The number of benzene rings is 1. The lowest BCUT2D eigenvalue weighted by atomic mass is 10.0. The van der Waals surface area contributed by atoms with Gasteiger partial charge in [0.25, 0.3) is 0 Å². The highest BCUT2D eigenvalue weighted by molar-refractivity contribution is 7.99. The first-order chi connectivity index (χ1) is 12.9. The van der Waals surface area contributed by atoms with Crippen molar-refractivity contribution in [2.75, 3.05) is 6.61 Å². The fourth-order valence-electron chi connectivity index (χ4n) is 4.37. The minimum absolute atomic E-state index is 0.186. The zero-order valence-electron chi connectivity index (χ0n) is 17.9. The van der Waals surface area contributed by atoms with Gasteiger partial charge >= 0.3 is 8.56 Å². The molecule has 0 bridgehead atoms. The molecular weight excluding hydrogens is 392 g/mol. The van der Waals surface area contributed by atoms with Gasteiger partial charge in [0, 0.05) is 15.0 Å². The fraction of sp³-hybridized carbons (Fsp3) is 0.714. The van der Waals surface area contributed by atoms with Crippen molar-refractivity contribution in [3.8, 4) is 0 Å². The van der Waals surface area contributed by atoms with Gasteiger partial charge in [0.15, 0.2) is 0 Å². The van der Waals surface area contributed by atoms with Crippen LogP contribution in [0.2, 0.25) is 10.1 Å². The molecule has 158 valence electrons. The van der Waals surface area contributed by atoms with Crippen molar-refractivity contribution < 1.29 is 23.8 Å². The van der Waals surface area contributed by atoms with E-state index in [2.05, 4.69) is 41.5 Å². The van der Waals surface area contributed by atoms with Gasteiger partial charge in [-0.2, -0.15) is 0 Å². The van der Waals surface area contributed by atoms with Crippen LogP contribution in [-0.2, 0) is 13.6 Å². The lowest BCUT2D eigenvalue weighted by Crippen LogP contribution is -2.70. The Labute approximate surface area is 174 Å². The zero-order valence-corrected chi connectivity index (χ0v) is 19.7. The molecule has 0 unspecified atom stereocenters. The molecule has 0 aliphatic carbocycles. The Kier molecular flexibility index (Phi) is 6.12. The van der Waals surface area contributed by atoms with E-state index < -0.39 is 38.4 Å². The summed E-state index contributed by atoms with van der Waals surface area (Å²) in [6.45, 7) is 15.2. The van der Waals surface area contributed by atoms with E-state index in [1.807, 2.05) is 31.2 Å². The average molecular weight is 427 g/mol. The van der Waals surface area contributed by atoms with E-state index >= 15 is 0 Å². The van der Waals surface area contributed by atoms with Crippen LogP contribution in [0.25, 0.3) is 0 Å². The molecule has 28 heavy (non-hydrogen) atoms. The monoisotopic (exact) mass is 426 g/mol. The average Bonchev–Trinajstić information content (AvgIpc) is 2.59. The Morgan fingerprint density at radius 3 is 2.07 bits per heavy atom. The maximum absolute atomic E-state index is 10.9. The smallest absolute Gasteiger partial charge is 0.349 e. The molecule has 0 spiro atoms. The number of hydrogen-bond acceptors (Lipinski definition) is 6. The molecule has 5 atom stereocenters. The number of hydrogen-bond donors (Lipinski definition) is 2. The van der Waals surface area contributed by atoms with Crippen LogP contribution in [0.4, 0.5) is 0 Å². The molecule has 2 heterocycles. The van der Waals surface area contributed by atoms with Crippen molar-refractivity contribution in [2.45, 2.75) is 93.3 Å². The van der Waals surface area contributed by atoms with Crippen LogP contribution in [0.3, 0.4) is 0 Å². The van der Waals surface area contributed by atoms with Crippen LogP contribution >= 0.6 is 11.8 Å². The van der Waals surface area contributed by atoms with E-state index in [-0.39, 0.29) is 10.1 Å². The van der Waals surface area contributed by atoms with Crippen molar-refractivity contribution in [2.24, 2.45) is 0 Å². The molecule has 0 aromatic heterocycles. The van der Waals surface area contributed by atoms with Gasteiger partial charge < -0.3 is 23.8 Å². The van der Waals surface area contributed by atoms with Crippen molar-refractivity contribution >= 4 is 20.3 Å². The molecule has 1 aromatic rings. The second-order valence-electron chi connectivity index (χ2n) is 9.97. The highest BCUT2D eigenvalue weighted by Gasteiger charge is 2.64. The van der Waals surface area contributed by atoms with Gasteiger partial charge in [-0.15, -0.1) is 0 Å². The lowest BCUT2D eigenvalue weighted by Gasteiger charge is -2.57. The lowest BCUT2D eigenvalue weighted by molar-refractivity contribution is -0.223. The number of rotatable bonds is 2. The summed E-state index contributed by atoms with van der Waals surface area (Å²) in [5, 5.41) is 21.3. The molecule has 2 N–H and O–H groups in total. The van der Waals surface area contributed by atoms with E-state index in [9.17, 15) is 10.2 Å². The third-order valence-corrected chi connectivity index (χ3v) is 11.9. The molecule has 3 rings (SSSR count). The number of thioether (sulfide) groups is 1. The first-order valence-corrected chi connectivity index (χ1v) is 12.6. The summed E-state index contributed by atoms with van der Waals surface area (Å²) in [5.74, 6) is 0. The number of ether oxygens (including phenoxy) is 1. The van der Waals surface area contributed by atoms with E-state index in [1.54, 1.807) is 0 Å². The van der Waals surface area contributed by atoms with Gasteiger partial charge in [0.05, 0.1) is 6.61 Å². The minimum Gasteiger partial charge on any atom is -0.391 e. The first kappa shape index (κ1) is 22.3. The van der Waals surface area contributed by atoms with Crippen LogP contribution in [0.15, 0.2) is 29.2 Å². The maximum Gasteiger partial charge on any atom is 0.349 e. The molecule has 5 nitrogen and oxygen atoms in total. The molecule has 0 saturated carbocycles. The molecule has 0 radical (unpaired) electrons. The Bertz CT molecular complexity index is 666. The summed E-state index contributed by atoms with van der Waals surface area (Å²) < 4.78 is 19.2. The molecule has 7 heteroatoms. The zero-order chi connectivity index (χ0) is 20.9. The normalized spacial score (nSPS) is 33.4. The van der Waals surface area contributed by atoms with Gasteiger partial charge in [0.2, 0.25) is 0 Å². The summed E-state index contributed by atoms with van der Waals surface area (Å²) in [4.78, 5) is 0.992. The molecule has 1 aromatic carbocycles. The molecule has 2 saturated heterocycles. The van der Waals surface area contributed by atoms with Gasteiger partial charge in [-0.3, -0.25) is 0 Å². The number of fused-ring (bicyclic) bond motifs is 1.